The van der Waals surface area contributed by atoms with Gasteiger partial charge in [0, 0.05) is 11.1 Å². The van der Waals surface area contributed by atoms with Crippen LogP contribution >= 0.6 is 11.3 Å². The van der Waals surface area contributed by atoms with Gasteiger partial charge in [-0.2, -0.15) is 0 Å². The average molecular weight is 396 g/mol. The van der Waals surface area contributed by atoms with Gasteiger partial charge >= 0.3 is 23.9 Å². The molecule has 8 nitrogen and oxygen atoms in total. The molecule has 0 aliphatic carbocycles. The lowest BCUT2D eigenvalue weighted by molar-refractivity contribution is -0.140. The molecular weight excluding hydrogens is 376 g/mol. The van der Waals surface area contributed by atoms with E-state index < -0.39 is 23.9 Å². The van der Waals surface area contributed by atoms with Gasteiger partial charge < -0.3 is 18.9 Å². The van der Waals surface area contributed by atoms with E-state index in [1.165, 1.54) is 26.0 Å². The molecule has 146 valence electrons. The largest absolute Gasteiger partial charge is 0.459 e. The minimum Gasteiger partial charge on any atom is -0.459 e. The molecule has 0 radical (unpaired) electrons. The lowest BCUT2D eigenvalue weighted by atomic mass is 10.4. The molecule has 0 unspecified atom stereocenters. The van der Waals surface area contributed by atoms with Crippen molar-refractivity contribution in [3.8, 4) is 0 Å². The summed E-state index contributed by atoms with van der Waals surface area (Å²) in [6.45, 7) is 9.43. The molecule has 9 heteroatoms. The molecule has 27 heavy (non-hydrogen) atoms. The third-order valence-electron chi connectivity index (χ3n) is 2.80. The Labute approximate surface area is 160 Å². The second kappa shape index (κ2) is 10.9. The molecule has 0 N–H and O–H groups in total. The Bertz CT molecular complexity index is 686. The number of thiophene rings is 1. The van der Waals surface area contributed by atoms with E-state index in [0.29, 0.717) is 0 Å². The van der Waals surface area contributed by atoms with Crippen LogP contribution in [-0.2, 0) is 28.5 Å². The van der Waals surface area contributed by atoms with Crippen molar-refractivity contribution in [1.29, 1.82) is 0 Å². The highest BCUT2D eigenvalue weighted by Crippen LogP contribution is 2.18. The van der Waals surface area contributed by atoms with E-state index in [-0.39, 0.29) is 47.3 Å². The lowest BCUT2D eigenvalue weighted by Crippen LogP contribution is -2.14. The van der Waals surface area contributed by atoms with Crippen molar-refractivity contribution in [3.05, 3.63) is 46.2 Å². The van der Waals surface area contributed by atoms with Crippen LogP contribution in [0.4, 0.5) is 0 Å². The van der Waals surface area contributed by atoms with Crippen molar-refractivity contribution in [2.24, 2.45) is 0 Å². The van der Waals surface area contributed by atoms with Crippen LogP contribution in [0.25, 0.3) is 0 Å². The molecule has 1 heterocycles. The highest BCUT2D eigenvalue weighted by atomic mass is 32.1. The van der Waals surface area contributed by atoms with Crippen LogP contribution in [0.15, 0.2) is 36.4 Å². The summed E-state index contributed by atoms with van der Waals surface area (Å²) in [6.07, 6.45) is 0. The van der Waals surface area contributed by atoms with Crippen molar-refractivity contribution in [2.45, 2.75) is 13.8 Å². The molecule has 0 atom stereocenters. The van der Waals surface area contributed by atoms with Gasteiger partial charge in [-0.05, 0) is 26.0 Å². The maximum Gasteiger partial charge on any atom is 0.348 e. The average Bonchev–Trinajstić information content (AvgIpc) is 3.11. The third-order valence-corrected chi connectivity index (χ3v) is 3.85. The molecule has 0 spiro atoms. The number of rotatable bonds is 10. The minimum absolute atomic E-state index is 0.0966. The molecule has 0 bridgehead atoms. The van der Waals surface area contributed by atoms with Gasteiger partial charge in [-0.15, -0.1) is 11.3 Å². The smallest absolute Gasteiger partial charge is 0.348 e. The molecule has 0 saturated heterocycles. The summed E-state index contributed by atoms with van der Waals surface area (Å²) in [4.78, 5) is 46.5. The van der Waals surface area contributed by atoms with Gasteiger partial charge in [-0.25, -0.2) is 19.2 Å². The van der Waals surface area contributed by atoms with E-state index in [0.717, 1.165) is 11.3 Å². The molecule has 0 amide bonds. The first-order chi connectivity index (χ1) is 12.7. The van der Waals surface area contributed by atoms with Gasteiger partial charge in [0.2, 0.25) is 0 Å². The molecule has 1 rings (SSSR count). The number of carbonyl (C=O) groups is 4. The van der Waals surface area contributed by atoms with Gasteiger partial charge in [-0.1, -0.05) is 13.2 Å². The first-order valence-corrected chi connectivity index (χ1v) is 8.63. The Morgan fingerprint density at radius 2 is 1.07 bits per heavy atom. The van der Waals surface area contributed by atoms with Crippen LogP contribution in [0, 0.1) is 0 Å². The first kappa shape index (κ1) is 22.1. The van der Waals surface area contributed by atoms with Crippen LogP contribution in [0.1, 0.15) is 33.2 Å². The lowest BCUT2D eigenvalue weighted by Gasteiger charge is -2.05. The van der Waals surface area contributed by atoms with Crippen molar-refractivity contribution < 1.29 is 38.1 Å². The summed E-state index contributed by atoms with van der Waals surface area (Å²) in [5, 5.41) is 0. The molecule has 0 aliphatic rings. The molecule has 0 fully saturated rings. The van der Waals surface area contributed by atoms with Crippen molar-refractivity contribution >= 4 is 35.2 Å². The number of carbonyl (C=O) groups excluding carboxylic acids is 4. The van der Waals surface area contributed by atoms with Crippen LogP contribution in [0.2, 0.25) is 0 Å². The quantitative estimate of drug-likeness (QED) is 0.257. The number of hydrogen-bond acceptors (Lipinski definition) is 9. The standard InChI is InChI=1S/C18H20O8S/c1-11(2)15(19)23-7-9-25-17(21)13-5-6-14(27-13)18(22)26-10-8-24-16(20)12(3)4/h5-6H,1,3,7-10H2,2,4H3. The Kier molecular flexibility index (Phi) is 8.94. The maximum atomic E-state index is 11.9. The fourth-order valence-electron chi connectivity index (χ4n) is 1.48. The fourth-order valence-corrected chi connectivity index (χ4v) is 2.28. The fraction of sp³-hybridized carbons (Fsp3) is 0.333. The van der Waals surface area contributed by atoms with Gasteiger partial charge in [0.1, 0.15) is 36.2 Å². The highest BCUT2D eigenvalue weighted by Gasteiger charge is 2.16. The predicted molar refractivity (Wildman–Crippen MR) is 96.4 cm³/mol. The molecular formula is C18H20O8S. The minimum atomic E-state index is -0.652. The Hall–Kier alpha value is -2.94. The van der Waals surface area contributed by atoms with Crippen LogP contribution in [-0.4, -0.2) is 50.3 Å². The van der Waals surface area contributed by atoms with E-state index in [4.69, 9.17) is 18.9 Å². The molecule has 1 aromatic rings. The van der Waals surface area contributed by atoms with Gasteiger partial charge in [0.25, 0.3) is 0 Å². The highest BCUT2D eigenvalue weighted by molar-refractivity contribution is 7.15. The summed E-state index contributed by atoms with van der Waals surface area (Å²) in [7, 11) is 0. The molecule has 0 aliphatic heterocycles. The van der Waals surface area contributed by atoms with Crippen molar-refractivity contribution in [3.63, 3.8) is 0 Å². The van der Waals surface area contributed by atoms with Gasteiger partial charge in [-0.3, -0.25) is 0 Å². The van der Waals surface area contributed by atoms with Crippen LogP contribution < -0.4 is 0 Å². The zero-order valence-corrected chi connectivity index (χ0v) is 15.9. The summed E-state index contributed by atoms with van der Waals surface area (Å²) < 4.78 is 19.5. The van der Waals surface area contributed by atoms with E-state index >= 15 is 0 Å². The zero-order valence-electron chi connectivity index (χ0n) is 15.1. The molecule has 1 aromatic heterocycles. The van der Waals surface area contributed by atoms with E-state index in [9.17, 15) is 19.2 Å². The molecule has 0 aromatic carbocycles. The normalized spacial score (nSPS) is 9.85. The topological polar surface area (TPSA) is 105 Å². The Morgan fingerprint density at radius 3 is 1.41 bits per heavy atom. The summed E-state index contributed by atoms with van der Waals surface area (Å²) in [5.74, 6) is -2.44. The van der Waals surface area contributed by atoms with Crippen molar-refractivity contribution in [1.82, 2.24) is 0 Å². The van der Waals surface area contributed by atoms with Gasteiger partial charge in [0.15, 0.2) is 0 Å². The summed E-state index contributed by atoms with van der Waals surface area (Å²) >= 11 is 0.895. The molecule has 0 saturated carbocycles. The monoisotopic (exact) mass is 396 g/mol. The second-order valence-corrected chi connectivity index (χ2v) is 6.35. The van der Waals surface area contributed by atoms with Crippen LogP contribution in [0.5, 0.6) is 0 Å². The third kappa shape index (κ3) is 7.87. The predicted octanol–water partition coefficient (Wildman–Crippen LogP) is 2.30. The van der Waals surface area contributed by atoms with Crippen LogP contribution in [0.3, 0.4) is 0 Å². The second-order valence-electron chi connectivity index (χ2n) is 5.27. The first-order valence-electron chi connectivity index (χ1n) is 7.81. The zero-order chi connectivity index (χ0) is 20.4. The summed E-state index contributed by atoms with van der Waals surface area (Å²) in [6, 6.07) is 2.84. The maximum absolute atomic E-state index is 11.9. The number of hydrogen-bond donors (Lipinski definition) is 0. The van der Waals surface area contributed by atoms with Gasteiger partial charge in [0.05, 0.1) is 0 Å². The van der Waals surface area contributed by atoms with E-state index in [1.807, 2.05) is 0 Å². The Balaban J connectivity index is 2.36. The number of esters is 4. The SMILES string of the molecule is C=C(C)C(=O)OCCOC(=O)c1ccc(C(=O)OCCOC(=O)C(=C)C)s1. The van der Waals surface area contributed by atoms with E-state index in [1.54, 1.807) is 0 Å². The Morgan fingerprint density at radius 1 is 0.741 bits per heavy atom. The van der Waals surface area contributed by atoms with Crippen molar-refractivity contribution in [2.75, 3.05) is 26.4 Å². The summed E-state index contributed by atoms with van der Waals surface area (Å²) in [5.41, 5.74) is 0.495. The van der Waals surface area contributed by atoms with E-state index in [2.05, 4.69) is 13.2 Å². The number of ether oxygens (including phenoxy) is 4.